The van der Waals surface area contributed by atoms with Crippen LogP contribution in [-0.4, -0.2) is 5.91 Å². The van der Waals surface area contributed by atoms with Gasteiger partial charge in [0.2, 0.25) is 0 Å². The van der Waals surface area contributed by atoms with Gasteiger partial charge in [0.05, 0.1) is 8.04 Å². The quantitative estimate of drug-likeness (QED) is 0.137. The minimum absolute atomic E-state index is 0.0239. The fraction of sp³-hybridized carbons (Fsp3) is 0.0714. The Balaban J connectivity index is 1.51. The number of ether oxygens (including phenoxy) is 1. The van der Waals surface area contributed by atoms with Crippen molar-refractivity contribution in [2.24, 2.45) is 0 Å². The molecule has 0 bridgehead atoms. The van der Waals surface area contributed by atoms with Gasteiger partial charge in [0.25, 0.3) is 5.91 Å². The fourth-order valence-electron chi connectivity index (χ4n) is 3.50. The lowest BCUT2D eigenvalue weighted by molar-refractivity contribution is -0.112. The van der Waals surface area contributed by atoms with Crippen molar-refractivity contribution in [3.63, 3.8) is 0 Å². The molecule has 34 heavy (non-hydrogen) atoms. The van der Waals surface area contributed by atoms with Gasteiger partial charge in [-0.15, -0.1) is 0 Å². The number of carbonyl (C=O) groups is 1. The number of para-hydroxylation sites is 1. The Morgan fingerprint density at radius 3 is 2.53 bits per heavy atom. The predicted octanol–water partition coefficient (Wildman–Crippen LogP) is 7.64. The zero-order chi connectivity index (χ0) is 24.1. The lowest BCUT2D eigenvalue weighted by Gasteiger charge is -2.12. The van der Waals surface area contributed by atoms with E-state index in [9.17, 15) is 10.1 Å². The largest absolute Gasteiger partial charge is 0.487 e. The van der Waals surface area contributed by atoms with Gasteiger partial charge >= 0.3 is 0 Å². The molecule has 0 spiro atoms. The van der Waals surface area contributed by atoms with Crippen molar-refractivity contribution in [1.29, 1.82) is 5.26 Å². The maximum atomic E-state index is 12.6. The van der Waals surface area contributed by atoms with Crippen LogP contribution >= 0.6 is 38.5 Å². The van der Waals surface area contributed by atoms with E-state index >= 15 is 0 Å². The number of carbonyl (C=O) groups excluding carboxylic acids is 1. The molecule has 0 fully saturated rings. The van der Waals surface area contributed by atoms with E-state index < -0.39 is 5.91 Å². The molecule has 0 saturated carbocycles. The number of halogens is 2. The summed E-state index contributed by atoms with van der Waals surface area (Å²) >= 11 is 5.78. The first-order valence-corrected chi connectivity index (χ1v) is 12.4. The Kier molecular flexibility index (Phi) is 7.66. The van der Waals surface area contributed by atoms with Crippen LogP contribution in [0.2, 0.25) is 0 Å². The number of nitriles is 1. The first kappa shape index (κ1) is 24.0. The third-order valence-electron chi connectivity index (χ3n) is 5.29. The molecule has 4 aromatic carbocycles. The van der Waals surface area contributed by atoms with E-state index in [4.69, 9.17) is 4.74 Å². The molecule has 0 aliphatic rings. The van der Waals surface area contributed by atoms with Gasteiger partial charge in [-0.2, -0.15) is 5.26 Å². The molecule has 1 N–H and O–H groups in total. The van der Waals surface area contributed by atoms with Crippen LogP contribution in [0.5, 0.6) is 5.75 Å². The second-order valence-corrected chi connectivity index (χ2v) is 9.74. The van der Waals surface area contributed by atoms with E-state index in [1.165, 1.54) is 10.8 Å². The number of hydrogen-bond donors (Lipinski definition) is 1. The summed E-state index contributed by atoms with van der Waals surface area (Å²) in [7, 11) is 0. The van der Waals surface area contributed by atoms with Crippen molar-refractivity contribution in [1.82, 2.24) is 0 Å². The van der Waals surface area contributed by atoms with Gasteiger partial charge in [0.1, 0.15) is 24.0 Å². The summed E-state index contributed by atoms with van der Waals surface area (Å²) in [6.07, 6.45) is 1.58. The van der Waals surface area contributed by atoms with Gasteiger partial charge in [0, 0.05) is 5.69 Å². The van der Waals surface area contributed by atoms with Crippen LogP contribution in [0.25, 0.3) is 16.8 Å². The average molecular weight is 623 g/mol. The summed E-state index contributed by atoms with van der Waals surface area (Å²) in [5.41, 5.74) is 3.44. The predicted molar refractivity (Wildman–Crippen MR) is 149 cm³/mol. The molecule has 0 aromatic heterocycles. The maximum absolute atomic E-state index is 12.6. The number of anilines is 1. The molecule has 6 heteroatoms. The molecule has 0 unspecified atom stereocenters. The van der Waals surface area contributed by atoms with Gasteiger partial charge in [-0.3, -0.25) is 4.79 Å². The van der Waals surface area contributed by atoms with E-state index in [-0.39, 0.29) is 5.57 Å². The van der Waals surface area contributed by atoms with Crippen molar-refractivity contribution >= 4 is 67.0 Å². The highest BCUT2D eigenvalue weighted by Crippen LogP contribution is 2.33. The molecule has 0 aliphatic heterocycles. The van der Waals surface area contributed by atoms with E-state index in [2.05, 4.69) is 74.2 Å². The number of fused-ring (bicyclic) bond motifs is 1. The van der Waals surface area contributed by atoms with Crippen LogP contribution in [0.3, 0.4) is 0 Å². The molecular formula is C28H20BrIN2O2. The highest BCUT2D eigenvalue weighted by Gasteiger charge is 2.13. The Labute approximate surface area is 220 Å². The second-order valence-electron chi connectivity index (χ2n) is 7.72. The third kappa shape index (κ3) is 5.66. The summed E-state index contributed by atoms with van der Waals surface area (Å²) in [4.78, 5) is 12.6. The molecule has 168 valence electrons. The first-order chi connectivity index (χ1) is 16.4. The number of nitrogens with one attached hydrogen (secondary N) is 1. The van der Waals surface area contributed by atoms with Crippen LogP contribution < -0.4 is 10.1 Å². The number of nitrogens with zero attached hydrogens (tertiary/aromatic N) is 1. The fourth-order valence-corrected chi connectivity index (χ4v) is 5.27. The molecule has 4 rings (SSSR count). The highest BCUT2D eigenvalue weighted by atomic mass is 127. The van der Waals surface area contributed by atoms with Crippen molar-refractivity contribution < 1.29 is 9.53 Å². The lowest BCUT2D eigenvalue weighted by Crippen LogP contribution is -2.14. The minimum atomic E-state index is -0.445. The Hall–Kier alpha value is -3.15. The summed E-state index contributed by atoms with van der Waals surface area (Å²) in [5, 5.41) is 14.7. The second kappa shape index (κ2) is 10.9. The van der Waals surface area contributed by atoms with Crippen LogP contribution in [0.4, 0.5) is 5.69 Å². The summed E-state index contributed by atoms with van der Waals surface area (Å²) in [6.45, 7) is 2.33. The minimum Gasteiger partial charge on any atom is -0.487 e. The maximum Gasteiger partial charge on any atom is 0.266 e. The summed E-state index contributed by atoms with van der Waals surface area (Å²) in [5.74, 6) is 0.272. The van der Waals surface area contributed by atoms with E-state index in [0.29, 0.717) is 18.0 Å². The molecule has 0 saturated heterocycles. The molecule has 0 radical (unpaired) electrons. The number of aryl methyl sites for hydroxylation is 1. The standard InChI is InChI=1S/C28H20BrIN2O2/c1-18-6-2-5-9-26(18)32-28(33)23(16-31)13-20-14-24(29)27(25(30)15-20)34-17-19-10-11-21-7-3-4-8-22(21)12-19/h2-15H,17H2,1H3,(H,32,33)/b23-13-. The van der Waals surface area contributed by atoms with Crippen molar-refractivity contribution in [2.45, 2.75) is 13.5 Å². The van der Waals surface area contributed by atoms with E-state index in [1.807, 2.05) is 61.5 Å². The smallest absolute Gasteiger partial charge is 0.266 e. The molecule has 0 atom stereocenters. The van der Waals surface area contributed by atoms with Gasteiger partial charge in [-0.1, -0.05) is 54.6 Å². The summed E-state index contributed by atoms with van der Waals surface area (Å²) in [6, 6.07) is 27.7. The van der Waals surface area contributed by atoms with Crippen LogP contribution in [0.1, 0.15) is 16.7 Å². The molecular weight excluding hydrogens is 603 g/mol. The zero-order valence-corrected chi connectivity index (χ0v) is 22.1. The monoisotopic (exact) mass is 622 g/mol. The van der Waals surface area contributed by atoms with E-state index in [1.54, 1.807) is 6.08 Å². The third-order valence-corrected chi connectivity index (χ3v) is 6.68. The van der Waals surface area contributed by atoms with Crippen molar-refractivity contribution in [3.05, 3.63) is 109 Å². The number of hydrogen-bond acceptors (Lipinski definition) is 3. The highest BCUT2D eigenvalue weighted by molar-refractivity contribution is 14.1. The number of rotatable bonds is 6. The first-order valence-electron chi connectivity index (χ1n) is 10.5. The normalized spacial score (nSPS) is 11.2. The molecule has 4 aromatic rings. The van der Waals surface area contributed by atoms with Gasteiger partial charge in [-0.25, -0.2) is 0 Å². The SMILES string of the molecule is Cc1ccccc1NC(=O)/C(C#N)=C\c1cc(Br)c(OCc2ccc3ccccc3c2)c(I)c1. The van der Waals surface area contributed by atoms with Crippen molar-refractivity contribution in [3.8, 4) is 11.8 Å². The topological polar surface area (TPSA) is 62.1 Å². The van der Waals surface area contributed by atoms with Gasteiger partial charge in [-0.05, 0) is 103 Å². The number of amides is 1. The molecule has 4 nitrogen and oxygen atoms in total. The zero-order valence-electron chi connectivity index (χ0n) is 18.3. The Bertz CT molecular complexity index is 1430. The van der Waals surface area contributed by atoms with Crippen LogP contribution in [0.15, 0.2) is 88.9 Å². The van der Waals surface area contributed by atoms with Gasteiger partial charge < -0.3 is 10.1 Å². The summed E-state index contributed by atoms with van der Waals surface area (Å²) < 4.78 is 7.73. The Morgan fingerprint density at radius 2 is 1.79 bits per heavy atom. The molecule has 0 aliphatic carbocycles. The van der Waals surface area contributed by atoms with Gasteiger partial charge in [0.15, 0.2) is 0 Å². The number of benzene rings is 4. The van der Waals surface area contributed by atoms with Crippen LogP contribution in [-0.2, 0) is 11.4 Å². The molecule has 1 amide bonds. The van der Waals surface area contributed by atoms with E-state index in [0.717, 1.165) is 24.7 Å². The van der Waals surface area contributed by atoms with Crippen molar-refractivity contribution in [2.75, 3.05) is 5.32 Å². The van der Waals surface area contributed by atoms with Crippen LogP contribution in [0, 0.1) is 21.8 Å². The lowest BCUT2D eigenvalue weighted by atomic mass is 10.1. The average Bonchev–Trinajstić information content (AvgIpc) is 2.83. The molecule has 0 heterocycles. The Morgan fingerprint density at radius 1 is 1.06 bits per heavy atom.